The number of benzene rings is 2. The molecule has 1 saturated carbocycles. The van der Waals surface area contributed by atoms with Crippen LogP contribution in [0.3, 0.4) is 0 Å². The van der Waals surface area contributed by atoms with Crippen molar-refractivity contribution in [3.63, 3.8) is 0 Å². The first-order valence-corrected chi connectivity index (χ1v) is 8.03. The average Bonchev–Trinajstić information content (AvgIpc) is 3.33. The van der Waals surface area contributed by atoms with Crippen LogP contribution in [0.5, 0.6) is 0 Å². The number of carbonyl (C=O) groups excluding carboxylic acids is 1. The second kappa shape index (κ2) is 6.45. The van der Waals surface area contributed by atoms with E-state index in [0.29, 0.717) is 5.82 Å². The summed E-state index contributed by atoms with van der Waals surface area (Å²) in [6.45, 7) is 2.13. The van der Waals surface area contributed by atoms with E-state index in [4.69, 9.17) is 0 Å². The Kier molecular flexibility index (Phi) is 4.36. The molecule has 2 aromatic carbocycles. The molecule has 0 spiro atoms. The molecule has 124 valence electrons. The number of aromatic amines is 1. The van der Waals surface area contributed by atoms with Crippen molar-refractivity contribution in [1.29, 1.82) is 0 Å². The SMILES string of the molecule is Cc1ccccc1Cc1ccc2c(NC(=O)C3CC3)n[nH]c2c1.O. The smallest absolute Gasteiger partial charge is 0.228 e. The van der Waals surface area contributed by atoms with Gasteiger partial charge in [0.2, 0.25) is 5.91 Å². The Morgan fingerprint density at radius 3 is 2.79 bits per heavy atom. The van der Waals surface area contributed by atoms with Gasteiger partial charge in [-0.2, -0.15) is 5.10 Å². The number of hydrogen-bond acceptors (Lipinski definition) is 2. The first kappa shape index (κ1) is 16.2. The summed E-state index contributed by atoms with van der Waals surface area (Å²) in [5.41, 5.74) is 4.82. The highest BCUT2D eigenvalue weighted by Crippen LogP contribution is 2.31. The number of fused-ring (bicyclic) bond motifs is 1. The molecule has 5 heteroatoms. The molecule has 1 aliphatic rings. The van der Waals surface area contributed by atoms with Crippen molar-refractivity contribution >= 4 is 22.6 Å². The van der Waals surface area contributed by atoms with Crippen molar-refractivity contribution in [2.24, 2.45) is 5.92 Å². The maximum absolute atomic E-state index is 11.9. The fourth-order valence-corrected chi connectivity index (χ4v) is 2.86. The van der Waals surface area contributed by atoms with Crippen LogP contribution in [0.25, 0.3) is 10.9 Å². The third kappa shape index (κ3) is 3.16. The number of amides is 1. The minimum Gasteiger partial charge on any atom is -0.412 e. The average molecular weight is 323 g/mol. The molecule has 0 aliphatic heterocycles. The minimum absolute atomic E-state index is 0. The van der Waals surface area contributed by atoms with Crippen LogP contribution in [0.15, 0.2) is 42.5 Å². The van der Waals surface area contributed by atoms with Gasteiger partial charge in [0.15, 0.2) is 5.82 Å². The van der Waals surface area contributed by atoms with E-state index in [9.17, 15) is 4.79 Å². The molecule has 0 bridgehead atoms. The third-order valence-corrected chi connectivity index (χ3v) is 4.47. The van der Waals surface area contributed by atoms with Crippen LogP contribution < -0.4 is 5.32 Å². The van der Waals surface area contributed by atoms with Crippen molar-refractivity contribution in [2.75, 3.05) is 5.32 Å². The number of nitrogens with zero attached hydrogens (tertiary/aromatic N) is 1. The lowest BCUT2D eigenvalue weighted by atomic mass is 10.00. The molecule has 4 rings (SSSR count). The molecular formula is C19H21N3O2. The second-order valence-corrected chi connectivity index (χ2v) is 6.32. The molecule has 1 heterocycles. The van der Waals surface area contributed by atoms with Crippen LogP contribution in [-0.4, -0.2) is 21.6 Å². The van der Waals surface area contributed by atoms with Crippen LogP contribution in [0.2, 0.25) is 0 Å². The molecule has 1 aromatic heterocycles. The van der Waals surface area contributed by atoms with E-state index in [1.165, 1.54) is 16.7 Å². The lowest BCUT2D eigenvalue weighted by Crippen LogP contribution is -2.13. The van der Waals surface area contributed by atoms with Gasteiger partial charge >= 0.3 is 0 Å². The topological polar surface area (TPSA) is 89.3 Å². The van der Waals surface area contributed by atoms with E-state index in [1.54, 1.807) is 0 Å². The second-order valence-electron chi connectivity index (χ2n) is 6.32. The van der Waals surface area contributed by atoms with Gasteiger partial charge in [0.25, 0.3) is 0 Å². The fraction of sp³-hybridized carbons (Fsp3) is 0.263. The number of rotatable bonds is 4. The van der Waals surface area contributed by atoms with Gasteiger partial charge in [0.05, 0.1) is 5.52 Å². The number of hydrogen-bond donors (Lipinski definition) is 2. The van der Waals surface area contributed by atoms with Crippen molar-refractivity contribution in [2.45, 2.75) is 26.2 Å². The molecule has 1 aliphatic carbocycles. The highest BCUT2D eigenvalue weighted by molar-refractivity contribution is 6.01. The van der Waals surface area contributed by atoms with E-state index < -0.39 is 0 Å². The maximum atomic E-state index is 11.9. The first-order chi connectivity index (χ1) is 11.2. The molecule has 0 atom stereocenters. The van der Waals surface area contributed by atoms with Gasteiger partial charge in [-0.25, -0.2) is 0 Å². The molecule has 3 aromatic rings. The zero-order chi connectivity index (χ0) is 15.8. The highest BCUT2D eigenvalue weighted by Gasteiger charge is 2.30. The number of aryl methyl sites for hydroxylation is 1. The minimum atomic E-state index is 0. The molecule has 1 fully saturated rings. The molecule has 4 N–H and O–H groups in total. The van der Waals surface area contributed by atoms with Crippen LogP contribution in [0, 0.1) is 12.8 Å². The van der Waals surface area contributed by atoms with E-state index in [2.05, 4.69) is 58.8 Å². The summed E-state index contributed by atoms with van der Waals surface area (Å²) < 4.78 is 0. The van der Waals surface area contributed by atoms with E-state index in [0.717, 1.165) is 30.2 Å². The molecule has 1 amide bonds. The van der Waals surface area contributed by atoms with Crippen LogP contribution >= 0.6 is 0 Å². The van der Waals surface area contributed by atoms with Gasteiger partial charge in [0, 0.05) is 11.3 Å². The van der Waals surface area contributed by atoms with Gasteiger partial charge in [-0.3, -0.25) is 9.89 Å². The zero-order valence-corrected chi connectivity index (χ0v) is 13.6. The summed E-state index contributed by atoms with van der Waals surface area (Å²) in [7, 11) is 0. The Morgan fingerprint density at radius 2 is 2.04 bits per heavy atom. The molecule has 5 nitrogen and oxygen atoms in total. The van der Waals surface area contributed by atoms with Crippen LogP contribution in [-0.2, 0) is 11.2 Å². The molecule has 0 unspecified atom stereocenters. The number of anilines is 1. The summed E-state index contributed by atoms with van der Waals surface area (Å²) in [6, 6.07) is 14.7. The highest BCUT2D eigenvalue weighted by atomic mass is 16.2. The number of aromatic nitrogens is 2. The van der Waals surface area contributed by atoms with Crippen molar-refractivity contribution in [3.8, 4) is 0 Å². The Hall–Kier alpha value is -2.66. The summed E-state index contributed by atoms with van der Waals surface area (Å²) in [4.78, 5) is 11.9. The van der Waals surface area contributed by atoms with E-state index in [-0.39, 0.29) is 17.3 Å². The Labute approximate surface area is 140 Å². The summed E-state index contributed by atoms with van der Waals surface area (Å²) in [5.74, 6) is 0.906. The van der Waals surface area contributed by atoms with Gasteiger partial charge in [-0.15, -0.1) is 0 Å². The largest absolute Gasteiger partial charge is 0.412 e. The quantitative estimate of drug-likeness (QED) is 0.773. The standard InChI is InChI=1S/C19H19N3O.H2O/c1-12-4-2-3-5-15(12)10-13-6-9-16-17(11-13)21-22-18(16)20-19(23)14-7-8-14;/h2-6,9,11,14H,7-8,10H2,1H3,(H2,20,21,22,23);1H2. The van der Waals surface area contributed by atoms with Crippen molar-refractivity contribution in [1.82, 2.24) is 10.2 Å². The lowest BCUT2D eigenvalue weighted by molar-refractivity contribution is -0.117. The maximum Gasteiger partial charge on any atom is 0.228 e. The lowest BCUT2D eigenvalue weighted by Gasteiger charge is -2.06. The predicted octanol–water partition coefficient (Wildman–Crippen LogP) is 2.99. The first-order valence-electron chi connectivity index (χ1n) is 8.03. The molecule has 0 saturated heterocycles. The number of H-pyrrole nitrogens is 1. The Balaban J connectivity index is 0.00000169. The summed E-state index contributed by atoms with van der Waals surface area (Å²) in [6.07, 6.45) is 2.88. The molecule has 24 heavy (non-hydrogen) atoms. The summed E-state index contributed by atoms with van der Waals surface area (Å²) in [5, 5.41) is 11.2. The van der Waals surface area contributed by atoms with Crippen LogP contribution in [0.4, 0.5) is 5.82 Å². The van der Waals surface area contributed by atoms with Crippen molar-refractivity contribution in [3.05, 3.63) is 59.2 Å². The number of nitrogens with one attached hydrogen (secondary N) is 2. The van der Waals surface area contributed by atoms with Gasteiger partial charge < -0.3 is 10.8 Å². The van der Waals surface area contributed by atoms with E-state index in [1.807, 2.05) is 6.07 Å². The predicted molar refractivity (Wildman–Crippen MR) is 95.0 cm³/mol. The molecular weight excluding hydrogens is 302 g/mol. The third-order valence-electron chi connectivity index (χ3n) is 4.47. The monoisotopic (exact) mass is 323 g/mol. The van der Waals surface area contributed by atoms with Crippen LogP contribution in [0.1, 0.15) is 29.5 Å². The van der Waals surface area contributed by atoms with Gasteiger partial charge in [-0.05, 0) is 55.0 Å². The number of carbonyl (C=O) groups is 1. The fourth-order valence-electron chi connectivity index (χ4n) is 2.86. The summed E-state index contributed by atoms with van der Waals surface area (Å²) >= 11 is 0. The van der Waals surface area contributed by atoms with Gasteiger partial charge in [0.1, 0.15) is 0 Å². The van der Waals surface area contributed by atoms with Gasteiger partial charge in [-0.1, -0.05) is 30.3 Å². The molecule has 0 radical (unpaired) electrons. The Morgan fingerprint density at radius 1 is 1.25 bits per heavy atom. The van der Waals surface area contributed by atoms with E-state index >= 15 is 0 Å². The Bertz CT molecular complexity index is 881. The zero-order valence-electron chi connectivity index (χ0n) is 13.6. The van der Waals surface area contributed by atoms with Crippen molar-refractivity contribution < 1.29 is 10.3 Å². The normalized spacial score (nSPS) is 13.5.